The Bertz CT molecular complexity index is 1130. The average Bonchev–Trinajstić information content (AvgIpc) is 3.20. The van der Waals surface area contributed by atoms with Crippen molar-refractivity contribution in [2.24, 2.45) is 5.92 Å². The lowest BCUT2D eigenvalue weighted by Gasteiger charge is -2.21. The largest absolute Gasteiger partial charge is 0.483 e. The van der Waals surface area contributed by atoms with E-state index in [1.165, 1.54) is 54.9 Å². The van der Waals surface area contributed by atoms with E-state index in [-0.39, 0.29) is 23.9 Å². The zero-order chi connectivity index (χ0) is 22.5. The summed E-state index contributed by atoms with van der Waals surface area (Å²) in [7, 11) is 0. The van der Waals surface area contributed by atoms with Crippen LogP contribution >= 0.6 is 11.3 Å². The van der Waals surface area contributed by atoms with Crippen LogP contribution in [0.15, 0.2) is 48.5 Å². The molecule has 6 nitrogen and oxygen atoms in total. The third kappa shape index (κ3) is 4.99. The van der Waals surface area contributed by atoms with E-state index in [1.807, 2.05) is 24.3 Å². The predicted octanol–water partition coefficient (Wildman–Crippen LogP) is 5.17. The van der Waals surface area contributed by atoms with Gasteiger partial charge in [0.15, 0.2) is 18.1 Å². The van der Waals surface area contributed by atoms with Crippen LogP contribution in [0.1, 0.15) is 62.5 Å². The predicted molar refractivity (Wildman–Crippen MR) is 124 cm³/mol. The molecule has 1 aromatic heterocycles. The number of benzene rings is 2. The van der Waals surface area contributed by atoms with Gasteiger partial charge in [0.05, 0.1) is 5.56 Å². The fourth-order valence-corrected chi connectivity index (χ4v) is 5.11. The highest BCUT2D eigenvalue weighted by atomic mass is 32.1. The summed E-state index contributed by atoms with van der Waals surface area (Å²) in [4.78, 5) is 37.0. The number of aromatic carboxylic acids is 1. The lowest BCUT2D eigenvalue weighted by atomic mass is 9.89. The maximum Gasteiger partial charge on any atom is 0.335 e. The summed E-state index contributed by atoms with van der Waals surface area (Å²) in [6.45, 7) is 0.414. The second-order valence-corrected chi connectivity index (χ2v) is 9.12. The maximum atomic E-state index is 13.0. The SMILES string of the molecule is O=C(O)c1ccc(C(=O)COc2c(C(=O)NCC3CCCCC3)sc3ccccc23)cc1. The third-order valence-corrected chi connectivity index (χ3v) is 6.98. The number of ether oxygens (including phenoxy) is 1. The van der Waals surface area contributed by atoms with Gasteiger partial charge in [-0.05, 0) is 43.0 Å². The van der Waals surface area contributed by atoms with Crippen LogP contribution in [0.2, 0.25) is 0 Å². The van der Waals surface area contributed by atoms with Crippen molar-refractivity contribution in [3.8, 4) is 5.75 Å². The van der Waals surface area contributed by atoms with Crippen LogP contribution in [0.3, 0.4) is 0 Å². The fourth-order valence-electron chi connectivity index (χ4n) is 4.04. The molecule has 0 radical (unpaired) electrons. The molecule has 4 rings (SSSR count). The molecule has 2 N–H and O–H groups in total. The lowest BCUT2D eigenvalue weighted by molar-refractivity contribution is 0.0696. The molecule has 3 aromatic rings. The molecule has 2 aromatic carbocycles. The molecular formula is C25H25NO5S. The molecular weight excluding hydrogens is 426 g/mol. The van der Waals surface area contributed by atoms with E-state index in [2.05, 4.69) is 5.32 Å². The zero-order valence-electron chi connectivity index (χ0n) is 17.6. The molecule has 1 aliphatic carbocycles. The molecule has 0 bridgehead atoms. The minimum atomic E-state index is -1.05. The fraction of sp³-hybridized carbons (Fsp3) is 0.320. The minimum Gasteiger partial charge on any atom is -0.483 e. The molecule has 32 heavy (non-hydrogen) atoms. The second-order valence-electron chi connectivity index (χ2n) is 8.06. The first kappa shape index (κ1) is 22.0. The summed E-state index contributed by atoms with van der Waals surface area (Å²) >= 11 is 1.36. The van der Waals surface area contributed by atoms with Crippen LogP contribution in [-0.2, 0) is 0 Å². The van der Waals surface area contributed by atoms with E-state index < -0.39 is 5.97 Å². The van der Waals surface area contributed by atoms with E-state index in [1.54, 1.807) is 0 Å². The first-order chi connectivity index (χ1) is 15.5. The van der Waals surface area contributed by atoms with E-state index in [9.17, 15) is 14.4 Å². The van der Waals surface area contributed by atoms with Crippen molar-refractivity contribution < 1.29 is 24.2 Å². The number of thiophene rings is 1. The Kier molecular flexibility index (Phi) is 6.85. The number of rotatable bonds is 8. The highest BCUT2D eigenvalue weighted by Crippen LogP contribution is 2.38. The van der Waals surface area contributed by atoms with Crippen molar-refractivity contribution in [2.45, 2.75) is 32.1 Å². The van der Waals surface area contributed by atoms with Crippen LogP contribution in [0.5, 0.6) is 5.75 Å². The standard InChI is InChI=1S/C25H25NO5S/c27-20(17-10-12-18(13-11-17)25(29)30)15-31-22-19-8-4-5-9-21(19)32-23(22)24(28)26-14-16-6-2-1-3-7-16/h4-5,8-13,16H,1-3,6-7,14-15H2,(H,26,28)(H,29,30). The van der Waals surface area contributed by atoms with E-state index in [4.69, 9.17) is 9.84 Å². The molecule has 1 heterocycles. The Balaban J connectivity index is 1.48. The van der Waals surface area contributed by atoms with Gasteiger partial charge in [-0.3, -0.25) is 9.59 Å². The average molecular weight is 452 g/mol. The number of Topliss-reactive ketones (excluding diaryl/α,β-unsaturated/α-hetero) is 1. The molecule has 0 unspecified atom stereocenters. The summed E-state index contributed by atoms with van der Waals surface area (Å²) in [5, 5.41) is 12.9. The number of hydrogen-bond donors (Lipinski definition) is 2. The van der Waals surface area contributed by atoms with Crippen molar-refractivity contribution in [1.29, 1.82) is 0 Å². The Morgan fingerprint density at radius 2 is 1.66 bits per heavy atom. The number of nitrogens with one attached hydrogen (secondary N) is 1. The van der Waals surface area contributed by atoms with E-state index in [0.29, 0.717) is 28.7 Å². The van der Waals surface area contributed by atoms with Crippen molar-refractivity contribution in [2.75, 3.05) is 13.2 Å². The van der Waals surface area contributed by atoms with Crippen molar-refractivity contribution in [3.63, 3.8) is 0 Å². The van der Waals surface area contributed by atoms with Gasteiger partial charge in [0.25, 0.3) is 5.91 Å². The Morgan fingerprint density at radius 1 is 0.969 bits per heavy atom. The molecule has 0 spiro atoms. The summed E-state index contributed by atoms with van der Waals surface area (Å²) < 4.78 is 6.80. The third-order valence-electron chi connectivity index (χ3n) is 5.83. The number of carboxylic acid groups (broad SMARTS) is 1. The monoisotopic (exact) mass is 451 g/mol. The molecule has 1 saturated carbocycles. The normalized spacial score (nSPS) is 14.2. The highest BCUT2D eigenvalue weighted by molar-refractivity contribution is 7.21. The van der Waals surface area contributed by atoms with Gasteiger partial charge in [-0.15, -0.1) is 11.3 Å². The first-order valence-corrected chi connectivity index (χ1v) is 11.6. The van der Waals surface area contributed by atoms with Crippen molar-refractivity contribution in [3.05, 3.63) is 64.5 Å². The molecule has 0 aliphatic heterocycles. The molecule has 166 valence electrons. The number of carbonyl (C=O) groups is 3. The number of amides is 1. The van der Waals surface area contributed by atoms with Gasteiger partial charge in [0.2, 0.25) is 0 Å². The van der Waals surface area contributed by atoms with E-state index >= 15 is 0 Å². The van der Waals surface area contributed by atoms with Gasteiger partial charge in [0, 0.05) is 22.2 Å². The highest BCUT2D eigenvalue weighted by Gasteiger charge is 2.22. The number of carbonyl (C=O) groups excluding carboxylic acids is 2. The first-order valence-electron chi connectivity index (χ1n) is 10.8. The lowest BCUT2D eigenvalue weighted by Crippen LogP contribution is -2.30. The van der Waals surface area contributed by atoms with Crippen LogP contribution in [-0.4, -0.2) is 35.9 Å². The molecule has 1 fully saturated rings. The van der Waals surface area contributed by atoms with Gasteiger partial charge in [0.1, 0.15) is 4.88 Å². The Hall–Kier alpha value is -3.19. The van der Waals surface area contributed by atoms with Crippen LogP contribution < -0.4 is 10.1 Å². The topological polar surface area (TPSA) is 92.7 Å². The van der Waals surface area contributed by atoms with Crippen LogP contribution in [0.25, 0.3) is 10.1 Å². The number of fused-ring (bicyclic) bond motifs is 1. The van der Waals surface area contributed by atoms with Crippen molar-refractivity contribution in [1.82, 2.24) is 5.32 Å². The van der Waals surface area contributed by atoms with Crippen LogP contribution in [0, 0.1) is 5.92 Å². The molecule has 7 heteroatoms. The van der Waals surface area contributed by atoms with E-state index in [0.717, 1.165) is 22.9 Å². The van der Waals surface area contributed by atoms with Crippen molar-refractivity contribution >= 4 is 39.1 Å². The summed E-state index contributed by atoms with van der Waals surface area (Å²) in [6.07, 6.45) is 5.99. The summed E-state index contributed by atoms with van der Waals surface area (Å²) in [5.74, 6) is -0.575. The smallest absolute Gasteiger partial charge is 0.335 e. The Labute approximate surface area is 190 Å². The number of ketones is 1. The molecule has 1 aliphatic rings. The Morgan fingerprint density at radius 3 is 2.38 bits per heavy atom. The molecule has 1 amide bonds. The van der Waals surface area contributed by atoms with Gasteiger partial charge in [-0.2, -0.15) is 0 Å². The second kappa shape index (κ2) is 9.96. The zero-order valence-corrected chi connectivity index (χ0v) is 18.5. The van der Waals surface area contributed by atoms with Gasteiger partial charge >= 0.3 is 5.97 Å². The summed E-state index contributed by atoms with van der Waals surface area (Å²) in [5.41, 5.74) is 0.473. The molecule has 0 atom stereocenters. The van der Waals surface area contributed by atoms with Gasteiger partial charge in [-0.1, -0.05) is 43.5 Å². The maximum absolute atomic E-state index is 13.0. The quantitative estimate of drug-likeness (QED) is 0.461. The van der Waals surface area contributed by atoms with Gasteiger partial charge < -0.3 is 15.2 Å². The minimum absolute atomic E-state index is 0.114. The summed E-state index contributed by atoms with van der Waals surface area (Å²) in [6, 6.07) is 13.3. The van der Waals surface area contributed by atoms with Crippen LogP contribution in [0.4, 0.5) is 0 Å². The van der Waals surface area contributed by atoms with Gasteiger partial charge in [-0.25, -0.2) is 4.79 Å². The molecule has 0 saturated heterocycles. The number of carboxylic acids is 1. The number of hydrogen-bond acceptors (Lipinski definition) is 5.